The molecule has 1 nitrogen and oxygen atoms in total. The Balaban J connectivity index is 2.19. The SMILES string of the molecule is C=C[C@@H](CC(O)CCC1CCCCC1)C(C)C. The van der Waals surface area contributed by atoms with Crippen LogP contribution in [-0.2, 0) is 0 Å². The Kier molecular flexibility index (Phi) is 6.87. The largest absolute Gasteiger partial charge is 0.393 e. The van der Waals surface area contributed by atoms with E-state index in [1.807, 2.05) is 6.08 Å². The maximum Gasteiger partial charge on any atom is 0.0546 e. The molecule has 0 amide bonds. The lowest BCUT2D eigenvalue weighted by Gasteiger charge is -2.24. The van der Waals surface area contributed by atoms with E-state index in [9.17, 15) is 5.11 Å². The number of aliphatic hydroxyl groups is 1. The first-order valence-electron chi connectivity index (χ1n) is 7.44. The highest BCUT2D eigenvalue weighted by molar-refractivity contribution is 4.83. The van der Waals surface area contributed by atoms with Gasteiger partial charge in [0.25, 0.3) is 0 Å². The smallest absolute Gasteiger partial charge is 0.0546 e. The van der Waals surface area contributed by atoms with Crippen molar-refractivity contribution in [2.24, 2.45) is 17.8 Å². The van der Waals surface area contributed by atoms with Crippen LogP contribution in [0.2, 0.25) is 0 Å². The van der Waals surface area contributed by atoms with Crippen LogP contribution in [-0.4, -0.2) is 11.2 Å². The van der Waals surface area contributed by atoms with Crippen LogP contribution in [0.3, 0.4) is 0 Å². The Labute approximate surface area is 107 Å². The third-order valence-corrected chi connectivity index (χ3v) is 4.34. The summed E-state index contributed by atoms with van der Waals surface area (Å²) in [6, 6.07) is 0. The summed E-state index contributed by atoms with van der Waals surface area (Å²) in [7, 11) is 0. The van der Waals surface area contributed by atoms with Gasteiger partial charge in [0.2, 0.25) is 0 Å². The molecule has 0 heterocycles. The molecule has 2 atom stereocenters. The maximum atomic E-state index is 10.1. The molecule has 100 valence electrons. The van der Waals surface area contributed by atoms with Crippen molar-refractivity contribution in [3.63, 3.8) is 0 Å². The average molecular weight is 238 g/mol. The molecule has 0 radical (unpaired) electrons. The average Bonchev–Trinajstić information content (AvgIpc) is 2.34. The molecule has 1 aliphatic rings. The maximum absolute atomic E-state index is 10.1. The summed E-state index contributed by atoms with van der Waals surface area (Å²) in [6.45, 7) is 8.29. The highest BCUT2D eigenvalue weighted by Crippen LogP contribution is 2.29. The predicted molar refractivity (Wildman–Crippen MR) is 75.0 cm³/mol. The number of hydrogen-bond donors (Lipinski definition) is 1. The Morgan fingerprint density at radius 3 is 2.41 bits per heavy atom. The molecular weight excluding hydrogens is 208 g/mol. The first kappa shape index (κ1) is 14.8. The van der Waals surface area contributed by atoms with Gasteiger partial charge in [-0.25, -0.2) is 0 Å². The number of aliphatic hydroxyl groups excluding tert-OH is 1. The van der Waals surface area contributed by atoms with E-state index >= 15 is 0 Å². The molecule has 1 N–H and O–H groups in total. The van der Waals surface area contributed by atoms with Gasteiger partial charge in [-0.3, -0.25) is 0 Å². The Morgan fingerprint density at radius 2 is 1.88 bits per heavy atom. The minimum Gasteiger partial charge on any atom is -0.393 e. The number of hydrogen-bond acceptors (Lipinski definition) is 1. The molecule has 0 aromatic carbocycles. The van der Waals surface area contributed by atoms with E-state index in [4.69, 9.17) is 0 Å². The van der Waals surface area contributed by atoms with Crippen molar-refractivity contribution in [2.75, 3.05) is 0 Å². The summed E-state index contributed by atoms with van der Waals surface area (Å²) in [5.41, 5.74) is 0. The van der Waals surface area contributed by atoms with Crippen LogP contribution < -0.4 is 0 Å². The van der Waals surface area contributed by atoms with Gasteiger partial charge in [-0.1, -0.05) is 52.0 Å². The highest BCUT2D eigenvalue weighted by Gasteiger charge is 2.18. The molecule has 0 spiro atoms. The van der Waals surface area contributed by atoms with E-state index in [0.29, 0.717) is 11.8 Å². The summed E-state index contributed by atoms with van der Waals surface area (Å²) >= 11 is 0. The zero-order valence-corrected chi connectivity index (χ0v) is 11.7. The quantitative estimate of drug-likeness (QED) is 0.645. The van der Waals surface area contributed by atoms with Crippen LogP contribution in [0, 0.1) is 17.8 Å². The van der Waals surface area contributed by atoms with Crippen LogP contribution in [0.25, 0.3) is 0 Å². The van der Waals surface area contributed by atoms with E-state index < -0.39 is 0 Å². The summed E-state index contributed by atoms with van der Waals surface area (Å²) in [6.07, 6.45) is 12.0. The van der Waals surface area contributed by atoms with Gasteiger partial charge in [0.1, 0.15) is 0 Å². The molecular formula is C16H30O. The first-order valence-corrected chi connectivity index (χ1v) is 7.44. The van der Waals surface area contributed by atoms with E-state index in [0.717, 1.165) is 18.8 Å². The fourth-order valence-electron chi connectivity index (χ4n) is 2.98. The lowest BCUT2D eigenvalue weighted by molar-refractivity contribution is 0.120. The number of rotatable bonds is 7. The molecule has 1 fully saturated rings. The predicted octanol–water partition coefficient (Wildman–Crippen LogP) is 4.56. The monoisotopic (exact) mass is 238 g/mol. The van der Waals surface area contributed by atoms with E-state index in [1.54, 1.807) is 0 Å². The van der Waals surface area contributed by atoms with E-state index in [-0.39, 0.29) is 6.10 Å². The van der Waals surface area contributed by atoms with E-state index in [2.05, 4.69) is 20.4 Å². The van der Waals surface area contributed by atoms with Gasteiger partial charge in [0.15, 0.2) is 0 Å². The van der Waals surface area contributed by atoms with Crippen molar-refractivity contribution in [1.82, 2.24) is 0 Å². The van der Waals surface area contributed by atoms with Crippen LogP contribution in [0.4, 0.5) is 0 Å². The molecule has 1 heteroatoms. The van der Waals surface area contributed by atoms with Crippen molar-refractivity contribution in [3.05, 3.63) is 12.7 Å². The second-order valence-corrected chi connectivity index (χ2v) is 6.11. The third kappa shape index (κ3) is 5.72. The van der Waals surface area contributed by atoms with Crippen molar-refractivity contribution >= 4 is 0 Å². The van der Waals surface area contributed by atoms with Gasteiger partial charge >= 0.3 is 0 Å². The van der Waals surface area contributed by atoms with Gasteiger partial charge < -0.3 is 5.11 Å². The zero-order chi connectivity index (χ0) is 12.7. The molecule has 0 aliphatic heterocycles. The summed E-state index contributed by atoms with van der Waals surface area (Å²) in [5, 5.41) is 10.1. The second kappa shape index (κ2) is 7.92. The van der Waals surface area contributed by atoms with Crippen molar-refractivity contribution in [1.29, 1.82) is 0 Å². The molecule has 17 heavy (non-hydrogen) atoms. The van der Waals surface area contributed by atoms with Crippen LogP contribution in [0.5, 0.6) is 0 Å². The molecule has 1 aliphatic carbocycles. The van der Waals surface area contributed by atoms with Crippen molar-refractivity contribution < 1.29 is 5.11 Å². The number of allylic oxidation sites excluding steroid dienone is 1. The fraction of sp³-hybridized carbons (Fsp3) is 0.875. The molecule has 0 aromatic rings. The van der Waals surface area contributed by atoms with Crippen molar-refractivity contribution in [2.45, 2.75) is 71.3 Å². The van der Waals surface area contributed by atoms with Crippen LogP contribution in [0.1, 0.15) is 65.2 Å². The summed E-state index contributed by atoms with van der Waals surface area (Å²) in [5.74, 6) is 1.95. The first-order chi connectivity index (χ1) is 8.13. The summed E-state index contributed by atoms with van der Waals surface area (Å²) in [4.78, 5) is 0. The third-order valence-electron chi connectivity index (χ3n) is 4.34. The van der Waals surface area contributed by atoms with Gasteiger partial charge in [0, 0.05) is 0 Å². The topological polar surface area (TPSA) is 20.2 Å². The highest BCUT2D eigenvalue weighted by atomic mass is 16.3. The zero-order valence-electron chi connectivity index (χ0n) is 11.7. The van der Waals surface area contributed by atoms with Gasteiger partial charge in [0.05, 0.1) is 6.10 Å². The normalized spacial score (nSPS) is 21.4. The lowest BCUT2D eigenvalue weighted by Crippen LogP contribution is -2.18. The molecule has 1 rings (SSSR count). The molecule has 0 bridgehead atoms. The standard InChI is InChI=1S/C16H30O/c1-4-15(13(2)3)12-16(17)11-10-14-8-6-5-7-9-14/h4,13-17H,1,5-12H2,2-3H3/t15-,16?/m0/s1. The molecule has 0 aromatic heterocycles. The van der Waals surface area contributed by atoms with Crippen LogP contribution >= 0.6 is 0 Å². The Morgan fingerprint density at radius 1 is 1.24 bits per heavy atom. The summed E-state index contributed by atoms with van der Waals surface area (Å²) < 4.78 is 0. The van der Waals surface area contributed by atoms with Gasteiger partial charge in [-0.15, -0.1) is 6.58 Å². The molecule has 1 unspecified atom stereocenters. The Bertz CT molecular complexity index is 204. The van der Waals surface area contributed by atoms with Gasteiger partial charge in [-0.2, -0.15) is 0 Å². The van der Waals surface area contributed by atoms with Crippen LogP contribution in [0.15, 0.2) is 12.7 Å². The minimum absolute atomic E-state index is 0.123. The van der Waals surface area contributed by atoms with E-state index in [1.165, 1.54) is 38.5 Å². The van der Waals surface area contributed by atoms with Crippen molar-refractivity contribution in [3.8, 4) is 0 Å². The lowest BCUT2D eigenvalue weighted by atomic mass is 9.83. The minimum atomic E-state index is -0.123. The Hall–Kier alpha value is -0.300. The second-order valence-electron chi connectivity index (χ2n) is 6.11. The van der Waals surface area contributed by atoms with Gasteiger partial charge in [-0.05, 0) is 37.0 Å². The molecule has 1 saturated carbocycles. The fourth-order valence-corrected chi connectivity index (χ4v) is 2.98. The molecule has 0 saturated heterocycles.